The molecule has 21 heavy (non-hydrogen) atoms. The van der Waals surface area contributed by atoms with Crippen molar-refractivity contribution in [2.24, 2.45) is 5.16 Å². The van der Waals surface area contributed by atoms with E-state index in [0.29, 0.717) is 16.7 Å². The largest absolute Gasteiger partial charge is 0.390 e. The molecular weight excluding hydrogens is 274 g/mol. The highest BCUT2D eigenvalue weighted by Crippen LogP contribution is 2.18. The maximum Gasteiger partial charge on any atom is 0.263 e. The highest BCUT2D eigenvalue weighted by atomic mass is 19.3. The van der Waals surface area contributed by atoms with Gasteiger partial charge in [0.2, 0.25) is 0 Å². The molecule has 1 radical (unpaired) electrons. The fourth-order valence-corrected chi connectivity index (χ4v) is 1.69. The van der Waals surface area contributed by atoms with E-state index in [0.717, 1.165) is 0 Å². The molecule has 0 aliphatic rings. The van der Waals surface area contributed by atoms with Crippen molar-refractivity contribution < 1.29 is 13.6 Å². The molecule has 0 bridgehead atoms. The highest BCUT2D eigenvalue weighted by molar-refractivity contribution is 5.79. The average molecular weight is 285 g/mol. The van der Waals surface area contributed by atoms with Gasteiger partial charge in [0.25, 0.3) is 6.43 Å². The Bertz CT molecular complexity index is 678. The predicted octanol–water partition coefficient (Wildman–Crippen LogP) is 3.92. The van der Waals surface area contributed by atoms with Crippen LogP contribution in [0.3, 0.4) is 0 Å². The maximum atomic E-state index is 12.5. The highest BCUT2D eigenvalue weighted by Gasteiger charge is 2.06. The van der Waals surface area contributed by atoms with Gasteiger partial charge in [0.15, 0.2) is 0 Å². The lowest BCUT2D eigenvalue weighted by Crippen LogP contribution is -1.92. The number of nitrogens with zero attached hydrogens (tertiary/aromatic N) is 2. The summed E-state index contributed by atoms with van der Waals surface area (Å²) < 4.78 is 25.0. The van der Waals surface area contributed by atoms with E-state index in [1.807, 2.05) is 6.07 Å². The number of hydrogen-bond donors (Lipinski definition) is 0. The van der Waals surface area contributed by atoms with Gasteiger partial charge in [-0.3, -0.25) is 0 Å². The zero-order chi connectivity index (χ0) is 15.1. The summed E-state index contributed by atoms with van der Waals surface area (Å²) in [4.78, 5) is 5.04. The van der Waals surface area contributed by atoms with E-state index in [2.05, 4.69) is 11.4 Å². The Morgan fingerprint density at radius 2 is 1.95 bits per heavy atom. The van der Waals surface area contributed by atoms with Crippen molar-refractivity contribution in [2.45, 2.75) is 13.0 Å². The van der Waals surface area contributed by atoms with Gasteiger partial charge in [-0.15, -0.1) is 0 Å². The van der Waals surface area contributed by atoms with Crippen molar-refractivity contribution in [3.05, 3.63) is 70.8 Å². The van der Waals surface area contributed by atoms with Crippen LogP contribution in [-0.4, -0.2) is 6.21 Å². The van der Waals surface area contributed by atoms with Gasteiger partial charge >= 0.3 is 0 Å². The standard InChI is InChI=1S/C16H11F2N2O/c17-16(18)13-7-3-4-12(8-13)10-20-21-11-15-6-2-1-5-14(15)9-19/h1-8,16H,11H2. The molecule has 0 unspecified atom stereocenters. The van der Waals surface area contributed by atoms with Gasteiger partial charge in [-0.25, -0.2) is 8.78 Å². The summed E-state index contributed by atoms with van der Waals surface area (Å²) in [5.41, 5.74) is 1.52. The van der Waals surface area contributed by atoms with Crippen LogP contribution >= 0.6 is 0 Å². The molecule has 0 N–H and O–H groups in total. The van der Waals surface area contributed by atoms with Crippen molar-refractivity contribution in [2.75, 3.05) is 0 Å². The third-order valence-electron chi connectivity index (χ3n) is 2.74. The quantitative estimate of drug-likeness (QED) is 0.617. The molecule has 5 heteroatoms. The van der Waals surface area contributed by atoms with Crippen LogP contribution in [0.2, 0.25) is 0 Å². The van der Waals surface area contributed by atoms with Gasteiger partial charge in [-0.1, -0.05) is 41.6 Å². The second-order valence-electron chi connectivity index (χ2n) is 4.17. The third kappa shape index (κ3) is 4.11. The topological polar surface area (TPSA) is 45.4 Å². The van der Waals surface area contributed by atoms with E-state index >= 15 is 0 Å². The number of benzene rings is 2. The van der Waals surface area contributed by atoms with Gasteiger partial charge in [0.1, 0.15) is 12.8 Å². The number of alkyl halides is 2. The second-order valence-corrected chi connectivity index (χ2v) is 4.17. The summed E-state index contributed by atoms with van der Waals surface area (Å²) in [5, 5.41) is 12.5. The van der Waals surface area contributed by atoms with Crippen molar-refractivity contribution in [1.82, 2.24) is 0 Å². The van der Waals surface area contributed by atoms with Crippen LogP contribution in [0.4, 0.5) is 8.78 Å². The molecule has 0 amide bonds. The van der Waals surface area contributed by atoms with Crippen molar-refractivity contribution in [3.63, 3.8) is 0 Å². The molecule has 0 heterocycles. The van der Waals surface area contributed by atoms with E-state index in [-0.39, 0.29) is 12.2 Å². The zero-order valence-corrected chi connectivity index (χ0v) is 11.0. The lowest BCUT2D eigenvalue weighted by molar-refractivity contribution is 0.132. The molecule has 0 aliphatic heterocycles. The van der Waals surface area contributed by atoms with Crippen LogP contribution < -0.4 is 0 Å². The van der Waals surface area contributed by atoms with Gasteiger partial charge in [-0.2, -0.15) is 5.26 Å². The summed E-state index contributed by atoms with van der Waals surface area (Å²) >= 11 is 0. The SMILES string of the molecule is N#Cc1ccccc1CO/N=[C]\c1cccc(C(F)F)c1. The van der Waals surface area contributed by atoms with E-state index in [4.69, 9.17) is 10.1 Å². The van der Waals surface area contributed by atoms with Crippen LogP contribution in [0.5, 0.6) is 0 Å². The van der Waals surface area contributed by atoms with Gasteiger partial charge < -0.3 is 4.84 Å². The predicted molar refractivity (Wildman–Crippen MR) is 73.9 cm³/mol. The summed E-state index contributed by atoms with van der Waals surface area (Å²) in [6, 6.07) is 14.8. The van der Waals surface area contributed by atoms with Crippen molar-refractivity contribution in [3.8, 4) is 6.07 Å². The molecule has 0 aliphatic carbocycles. The number of rotatable bonds is 5. The number of hydrogen-bond acceptors (Lipinski definition) is 3. The van der Waals surface area contributed by atoms with E-state index in [1.54, 1.807) is 30.3 Å². The molecule has 0 fully saturated rings. The van der Waals surface area contributed by atoms with Gasteiger partial charge in [0, 0.05) is 16.7 Å². The first kappa shape index (κ1) is 14.7. The first-order valence-electron chi connectivity index (χ1n) is 6.15. The van der Waals surface area contributed by atoms with Crippen LogP contribution in [0.25, 0.3) is 0 Å². The summed E-state index contributed by atoms with van der Waals surface area (Å²) in [6.07, 6.45) is 0.00193. The molecule has 3 nitrogen and oxygen atoms in total. The van der Waals surface area contributed by atoms with Crippen LogP contribution in [0.15, 0.2) is 53.7 Å². The van der Waals surface area contributed by atoms with Gasteiger partial charge in [-0.05, 0) is 12.1 Å². The molecular formula is C16H11F2N2O. The van der Waals surface area contributed by atoms with Crippen LogP contribution in [0, 0.1) is 11.3 Å². The molecule has 0 atom stereocenters. The zero-order valence-electron chi connectivity index (χ0n) is 11.0. The minimum atomic E-state index is -2.53. The molecule has 2 rings (SSSR count). The summed E-state index contributed by atoms with van der Waals surface area (Å²) in [5.74, 6) is 0. The smallest absolute Gasteiger partial charge is 0.263 e. The Morgan fingerprint density at radius 3 is 2.71 bits per heavy atom. The van der Waals surface area contributed by atoms with E-state index in [1.165, 1.54) is 18.2 Å². The Hall–Kier alpha value is -2.74. The van der Waals surface area contributed by atoms with Crippen molar-refractivity contribution >= 4 is 6.21 Å². The molecule has 0 saturated heterocycles. The summed E-state index contributed by atoms with van der Waals surface area (Å²) in [6.45, 7) is 0.116. The van der Waals surface area contributed by atoms with Gasteiger partial charge in [0.05, 0.1) is 11.6 Å². The number of halogens is 2. The first-order valence-corrected chi connectivity index (χ1v) is 6.15. The molecule has 2 aromatic carbocycles. The molecule has 105 valence electrons. The Labute approximate surface area is 121 Å². The minimum absolute atomic E-state index is 0.0926. The molecule has 0 saturated carbocycles. The monoisotopic (exact) mass is 285 g/mol. The summed E-state index contributed by atoms with van der Waals surface area (Å²) in [7, 11) is 0. The second kappa shape index (κ2) is 7.15. The lowest BCUT2D eigenvalue weighted by atomic mass is 10.1. The molecule has 2 aromatic rings. The minimum Gasteiger partial charge on any atom is -0.390 e. The molecule has 0 aromatic heterocycles. The normalized spacial score (nSPS) is 10.8. The average Bonchev–Trinajstić information content (AvgIpc) is 2.52. The Kier molecular flexibility index (Phi) is 4.99. The maximum absolute atomic E-state index is 12.5. The molecule has 0 spiro atoms. The fourth-order valence-electron chi connectivity index (χ4n) is 1.69. The Morgan fingerprint density at radius 1 is 1.14 bits per heavy atom. The van der Waals surface area contributed by atoms with Crippen LogP contribution in [-0.2, 0) is 11.4 Å². The third-order valence-corrected chi connectivity index (χ3v) is 2.74. The Balaban J connectivity index is 1.97. The van der Waals surface area contributed by atoms with Crippen LogP contribution in [0.1, 0.15) is 28.7 Å². The first-order chi connectivity index (χ1) is 10.2. The van der Waals surface area contributed by atoms with E-state index in [9.17, 15) is 8.78 Å². The lowest BCUT2D eigenvalue weighted by Gasteiger charge is -2.02. The van der Waals surface area contributed by atoms with Crippen molar-refractivity contribution in [1.29, 1.82) is 5.26 Å². The van der Waals surface area contributed by atoms with E-state index < -0.39 is 6.43 Å². The number of nitriles is 1. The fraction of sp³-hybridized carbons (Fsp3) is 0.125.